The van der Waals surface area contributed by atoms with Crippen LogP contribution in [-0.2, 0) is 19.6 Å². The minimum absolute atomic E-state index is 0.0547. The van der Waals surface area contributed by atoms with Gasteiger partial charge in [0.15, 0.2) is 0 Å². The van der Waals surface area contributed by atoms with E-state index in [1.165, 1.54) is 24.3 Å². The summed E-state index contributed by atoms with van der Waals surface area (Å²) in [6, 6.07) is 21.2. The lowest BCUT2D eigenvalue weighted by Gasteiger charge is -2.27. The summed E-state index contributed by atoms with van der Waals surface area (Å²) in [5.41, 5.74) is 2.04. The molecular formula is C27H26N2O6S. The molecule has 1 fully saturated rings. The molecular weight excluding hydrogens is 480 g/mol. The van der Waals surface area contributed by atoms with Crippen molar-refractivity contribution in [3.8, 4) is 5.75 Å². The highest BCUT2D eigenvalue weighted by molar-refractivity contribution is 7.87. The number of nitrogens with one attached hydrogen (secondary N) is 1. The monoisotopic (exact) mass is 506 g/mol. The van der Waals surface area contributed by atoms with Crippen LogP contribution in [0.4, 0.5) is 0 Å². The fourth-order valence-electron chi connectivity index (χ4n) is 3.54. The molecule has 1 aliphatic heterocycles. The zero-order valence-corrected chi connectivity index (χ0v) is 20.5. The minimum atomic E-state index is -3.99. The summed E-state index contributed by atoms with van der Waals surface area (Å²) < 4.78 is 35.7. The van der Waals surface area contributed by atoms with Crippen molar-refractivity contribution in [3.63, 3.8) is 0 Å². The van der Waals surface area contributed by atoms with E-state index in [-0.39, 0.29) is 22.2 Å². The number of rotatable bonds is 7. The number of nitrogens with zero attached hydrogens (tertiary/aromatic N) is 1. The Hall–Kier alpha value is -3.95. The molecule has 8 nitrogen and oxygen atoms in total. The Kier molecular flexibility index (Phi) is 7.82. The number of benzene rings is 3. The van der Waals surface area contributed by atoms with E-state index in [4.69, 9.17) is 8.92 Å². The van der Waals surface area contributed by atoms with Crippen molar-refractivity contribution in [2.45, 2.75) is 11.8 Å². The Morgan fingerprint density at radius 1 is 0.917 bits per heavy atom. The van der Waals surface area contributed by atoms with Crippen LogP contribution in [0.25, 0.3) is 6.08 Å². The van der Waals surface area contributed by atoms with Gasteiger partial charge < -0.3 is 19.1 Å². The predicted octanol–water partition coefficient (Wildman–Crippen LogP) is 3.39. The number of ether oxygens (including phenoxy) is 1. The van der Waals surface area contributed by atoms with Crippen LogP contribution < -0.4 is 9.50 Å². The van der Waals surface area contributed by atoms with Crippen LogP contribution in [0, 0.1) is 6.92 Å². The Balaban J connectivity index is 1.55. The third-order valence-corrected chi connectivity index (χ3v) is 6.78. The standard InChI is InChI=1S/C27H26N2O6S/c1-20-7-13-24(14-8-20)36(32,33)35-23-11-9-21(10-12-23)19-25(27(31)29-15-17-34-18-16-29)28-26(30)22-5-3-2-4-6-22/h2-14,19H,15-18H2,1H3,(H,28,30)/b25-19+. The van der Waals surface area contributed by atoms with Crippen molar-refractivity contribution in [1.82, 2.24) is 10.2 Å². The van der Waals surface area contributed by atoms with Gasteiger partial charge >= 0.3 is 10.1 Å². The first-order chi connectivity index (χ1) is 17.3. The maximum Gasteiger partial charge on any atom is 0.339 e. The second-order valence-electron chi connectivity index (χ2n) is 8.20. The Bertz CT molecular complexity index is 1350. The molecule has 0 spiro atoms. The number of morpholine rings is 1. The molecule has 1 saturated heterocycles. The summed E-state index contributed by atoms with van der Waals surface area (Å²) in [6.45, 7) is 3.55. The van der Waals surface area contributed by atoms with Crippen LogP contribution in [0.2, 0.25) is 0 Å². The molecule has 1 heterocycles. The van der Waals surface area contributed by atoms with Gasteiger partial charge in [0.2, 0.25) is 0 Å². The van der Waals surface area contributed by atoms with Gasteiger partial charge in [0.1, 0.15) is 16.3 Å². The van der Waals surface area contributed by atoms with Crippen molar-refractivity contribution < 1.29 is 26.9 Å². The van der Waals surface area contributed by atoms with Crippen molar-refractivity contribution in [2.24, 2.45) is 0 Å². The zero-order chi connectivity index (χ0) is 25.5. The lowest BCUT2D eigenvalue weighted by Crippen LogP contribution is -2.44. The van der Waals surface area contributed by atoms with Gasteiger partial charge in [-0.3, -0.25) is 9.59 Å². The fraction of sp³-hybridized carbons (Fsp3) is 0.185. The summed E-state index contributed by atoms with van der Waals surface area (Å²) in [6.07, 6.45) is 1.55. The van der Waals surface area contributed by atoms with E-state index in [1.54, 1.807) is 65.6 Å². The average molecular weight is 507 g/mol. The Labute approximate surface area is 210 Å². The molecule has 3 aromatic carbocycles. The largest absolute Gasteiger partial charge is 0.379 e. The highest BCUT2D eigenvalue weighted by Gasteiger charge is 2.23. The Morgan fingerprint density at radius 2 is 1.56 bits per heavy atom. The molecule has 0 radical (unpaired) electrons. The number of hydrogen-bond donors (Lipinski definition) is 1. The first-order valence-electron chi connectivity index (χ1n) is 11.4. The van der Waals surface area contributed by atoms with E-state index in [0.29, 0.717) is 37.4 Å². The van der Waals surface area contributed by atoms with Crippen molar-refractivity contribution in [1.29, 1.82) is 0 Å². The summed E-state index contributed by atoms with van der Waals surface area (Å²) in [5, 5.41) is 2.72. The van der Waals surface area contributed by atoms with E-state index in [0.717, 1.165) is 5.56 Å². The molecule has 4 rings (SSSR count). The number of amides is 2. The van der Waals surface area contributed by atoms with Gasteiger partial charge in [0, 0.05) is 18.7 Å². The highest BCUT2D eigenvalue weighted by atomic mass is 32.2. The smallest absolute Gasteiger partial charge is 0.339 e. The normalized spacial score (nSPS) is 14.2. The van der Waals surface area contributed by atoms with Crippen LogP contribution in [0.3, 0.4) is 0 Å². The summed E-state index contributed by atoms with van der Waals surface area (Å²) in [5.74, 6) is -0.612. The second-order valence-corrected chi connectivity index (χ2v) is 9.75. The predicted molar refractivity (Wildman–Crippen MR) is 135 cm³/mol. The van der Waals surface area contributed by atoms with E-state index in [2.05, 4.69) is 5.32 Å². The molecule has 0 atom stereocenters. The molecule has 0 unspecified atom stereocenters. The molecule has 0 bridgehead atoms. The van der Waals surface area contributed by atoms with Gasteiger partial charge in [-0.2, -0.15) is 8.42 Å². The van der Waals surface area contributed by atoms with E-state index < -0.39 is 16.0 Å². The van der Waals surface area contributed by atoms with Crippen LogP contribution in [0.5, 0.6) is 5.75 Å². The van der Waals surface area contributed by atoms with Crippen LogP contribution in [0.1, 0.15) is 21.5 Å². The summed E-state index contributed by atoms with van der Waals surface area (Å²) in [7, 11) is -3.99. The van der Waals surface area contributed by atoms with Gasteiger partial charge in [-0.25, -0.2) is 0 Å². The summed E-state index contributed by atoms with van der Waals surface area (Å²) in [4.78, 5) is 27.6. The van der Waals surface area contributed by atoms with Crippen molar-refractivity contribution in [2.75, 3.05) is 26.3 Å². The lowest BCUT2D eigenvalue weighted by atomic mass is 10.1. The molecule has 0 aromatic heterocycles. The molecule has 2 amide bonds. The molecule has 1 aliphatic rings. The van der Waals surface area contributed by atoms with Crippen molar-refractivity contribution in [3.05, 3.63) is 101 Å². The van der Waals surface area contributed by atoms with Gasteiger partial charge in [0.25, 0.3) is 11.8 Å². The molecule has 0 aliphatic carbocycles. The molecule has 186 valence electrons. The van der Waals surface area contributed by atoms with E-state index in [1.807, 2.05) is 6.92 Å². The van der Waals surface area contributed by atoms with Gasteiger partial charge in [-0.1, -0.05) is 48.0 Å². The number of carbonyl (C=O) groups excluding carboxylic acids is 2. The maximum absolute atomic E-state index is 13.2. The number of carbonyl (C=O) groups is 2. The second kappa shape index (κ2) is 11.2. The zero-order valence-electron chi connectivity index (χ0n) is 19.7. The third-order valence-electron chi connectivity index (χ3n) is 5.52. The first-order valence-corrected chi connectivity index (χ1v) is 12.8. The van der Waals surface area contributed by atoms with Crippen LogP contribution in [-0.4, -0.2) is 51.4 Å². The fourth-order valence-corrected chi connectivity index (χ4v) is 4.47. The number of aryl methyl sites for hydroxylation is 1. The minimum Gasteiger partial charge on any atom is -0.379 e. The SMILES string of the molecule is Cc1ccc(S(=O)(=O)Oc2ccc(/C=C(/NC(=O)c3ccccc3)C(=O)N3CCOCC3)cc2)cc1. The van der Waals surface area contributed by atoms with Gasteiger partial charge in [-0.15, -0.1) is 0 Å². The third kappa shape index (κ3) is 6.38. The first kappa shape index (κ1) is 25.2. The highest BCUT2D eigenvalue weighted by Crippen LogP contribution is 2.21. The topological polar surface area (TPSA) is 102 Å². The van der Waals surface area contributed by atoms with E-state index in [9.17, 15) is 18.0 Å². The van der Waals surface area contributed by atoms with Crippen LogP contribution >= 0.6 is 0 Å². The van der Waals surface area contributed by atoms with Crippen LogP contribution in [0.15, 0.2) is 89.5 Å². The molecule has 0 saturated carbocycles. The Morgan fingerprint density at radius 3 is 2.19 bits per heavy atom. The average Bonchev–Trinajstić information content (AvgIpc) is 2.90. The van der Waals surface area contributed by atoms with E-state index >= 15 is 0 Å². The quantitative estimate of drug-likeness (QED) is 0.389. The van der Waals surface area contributed by atoms with Gasteiger partial charge in [0.05, 0.1) is 13.2 Å². The number of hydrogen-bond acceptors (Lipinski definition) is 6. The molecule has 9 heteroatoms. The molecule has 36 heavy (non-hydrogen) atoms. The molecule has 3 aromatic rings. The summed E-state index contributed by atoms with van der Waals surface area (Å²) >= 11 is 0. The molecule has 1 N–H and O–H groups in total. The lowest BCUT2D eigenvalue weighted by molar-refractivity contribution is -0.131. The maximum atomic E-state index is 13.2. The van der Waals surface area contributed by atoms with Crippen molar-refractivity contribution >= 4 is 28.0 Å². The van der Waals surface area contributed by atoms with Gasteiger partial charge in [-0.05, 0) is 55.0 Å².